The molecular weight excluding hydrogens is 960 g/mol. The maximum Gasteiger partial charge on any atom is 0.409 e. The first kappa shape index (κ1) is 55.0. The van der Waals surface area contributed by atoms with Crippen LogP contribution >= 0.6 is 11.6 Å². The van der Waals surface area contributed by atoms with Crippen LogP contribution in [0.3, 0.4) is 0 Å². The third kappa shape index (κ3) is 12.8. The van der Waals surface area contributed by atoms with E-state index in [1.54, 1.807) is 32.1 Å². The van der Waals surface area contributed by atoms with Crippen LogP contribution in [0.2, 0.25) is 5.02 Å². The van der Waals surface area contributed by atoms with Crippen LogP contribution in [0.1, 0.15) is 70.7 Å². The fraction of sp³-hybridized carbons (Fsp3) is 0.540. The molecule has 21 heteroatoms. The fourth-order valence-corrected chi connectivity index (χ4v) is 10.3. The number of rotatable bonds is 14. The number of para-hydroxylation sites is 1. The molecule has 71 heavy (non-hydrogen) atoms. The predicted molar refractivity (Wildman–Crippen MR) is 264 cm³/mol. The van der Waals surface area contributed by atoms with E-state index < -0.39 is 106 Å². The summed E-state index contributed by atoms with van der Waals surface area (Å²) in [6, 6.07) is 10.0. The van der Waals surface area contributed by atoms with E-state index in [0.29, 0.717) is 29.2 Å². The van der Waals surface area contributed by atoms with Crippen LogP contribution in [-0.2, 0) is 67.8 Å². The van der Waals surface area contributed by atoms with Crippen LogP contribution in [0.5, 0.6) is 0 Å². The molecule has 3 aromatic rings. The monoisotopic (exact) mass is 1030 g/mol. The van der Waals surface area contributed by atoms with Gasteiger partial charge in [0.2, 0.25) is 17.7 Å². The molecule has 1 aromatic heterocycles. The number of hydrogen-bond acceptors (Lipinski definition) is 14. The van der Waals surface area contributed by atoms with Gasteiger partial charge in [-0.2, -0.15) is 0 Å². The minimum Gasteiger partial charge on any atom is -0.748 e. The SMILES string of the molecule is CCN(C)Cc1cc2ccccc2n1CCC(=O)NC(CS(=O)(=O)[O-])C(=O)N(C)[C@@H](C)C(=O)O[C@H]1CC(=O)N(C)c2cc(cc(C)c2Cl)C/C(C)=C/C=C/[C@@H](OC)[C@]2(O)C[C@H](OC(=O)N2)[C@@H](C)C2O[C@]21C. The van der Waals surface area contributed by atoms with E-state index >= 15 is 0 Å². The lowest BCUT2D eigenvalue weighted by Crippen LogP contribution is -2.63. The van der Waals surface area contributed by atoms with Crippen molar-refractivity contribution in [2.24, 2.45) is 5.92 Å². The molecule has 0 aliphatic carbocycles. The number of carbonyl (C=O) groups is 5. The summed E-state index contributed by atoms with van der Waals surface area (Å²) in [5.74, 6) is -5.29. The number of halogens is 1. The number of aromatic nitrogens is 1. The number of epoxide rings is 1. The molecule has 0 spiro atoms. The van der Waals surface area contributed by atoms with E-state index in [1.165, 1.54) is 33.0 Å². The van der Waals surface area contributed by atoms with Crippen LogP contribution in [0.4, 0.5) is 10.5 Å². The van der Waals surface area contributed by atoms with E-state index in [-0.39, 0.29) is 19.4 Å². The quantitative estimate of drug-likeness (QED) is 0.116. The number of likely N-dealkylation sites (N-methyl/N-ethyl adjacent to an activating group) is 1. The highest BCUT2D eigenvalue weighted by Crippen LogP contribution is 2.49. The number of aryl methyl sites for hydroxylation is 2. The highest BCUT2D eigenvalue weighted by molar-refractivity contribution is 7.85. The summed E-state index contributed by atoms with van der Waals surface area (Å²) >= 11 is 6.82. The van der Waals surface area contributed by atoms with Gasteiger partial charge in [-0.05, 0) is 82.4 Å². The van der Waals surface area contributed by atoms with Gasteiger partial charge < -0.3 is 53.2 Å². The van der Waals surface area contributed by atoms with Crippen molar-refractivity contribution in [3.8, 4) is 0 Å². The minimum absolute atomic E-state index is 0.140. The minimum atomic E-state index is -5.10. The van der Waals surface area contributed by atoms with Gasteiger partial charge >= 0.3 is 12.1 Å². The van der Waals surface area contributed by atoms with E-state index in [2.05, 4.69) is 15.5 Å². The molecule has 2 fully saturated rings. The molecule has 388 valence electrons. The number of benzene rings is 2. The van der Waals surface area contributed by atoms with Gasteiger partial charge in [0, 0.05) is 64.3 Å². The molecule has 0 radical (unpaired) electrons. The van der Waals surface area contributed by atoms with Crippen LogP contribution in [-0.4, -0.2) is 151 Å². The molecular formula is C50H66ClN6O13S-. The molecule has 6 rings (SSSR count). The van der Waals surface area contributed by atoms with Gasteiger partial charge in [-0.25, -0.2) is 18.0 Å². The third-order valence-corrected chi connectivity index (χ3v) is 15.1. The topological polar surface area (TPSA) is 242 Å². The Hall–Kier alpha value is -5.35. The molecule has 4 bridgehead atoms. The Morgan fingerprint density at radius 2 is 1.85 bits per heavy atom. The second-order valence-electron chi connectivity index (χ2n) is 19.2. The fourth-order valence-electron chi connectivity index (χ4n) is 9.39. The second kappa shape index (κ2) is 22.2. The molecule has 4 amide bonds. The molecule has 3 N–H and O–H groups in total. The number of esters is 1. The number of alkyl carbamates (subject to hydrolysis) is 1. The first-order valence-electron chi connectivity index (χ1n) is 23.6. The molecule has 3 aliphatic heterocycles. The Balaban J connectivity index is 1.25. The maximum absolute atomic E-state index is 14.4. The van der Waals surface area contributed by atoms with Crippen LogP contribution < -0.4 is 15.5 Å². The Kier molecular flexibility index (Phi) is 17.2. The molecule has 2 aromatic carbocycles. The molecule has 2 unspecified atom stereocenters. The number of methoxy groups -OCH3 is 1. The lowest BCUT2D eigenvalue weighted by molar-refractivity contribution is -0.162. The Morgan fingerprint density at radius 3 is 2.52 bits per heavy atom. The van der Waals surface area contributed by atoms with Gasteiger partial charge in [0.25, 0.3) is 0 Å². The van der Waals surface area contributed by atoms with Gasteiger partial charge in [-0.1, -0.05) is 73.5 Å². The van der Waals surface area contributed by atoms with Crippen molar-refractivity contribution in [3.05, 3.63) is 88.1 Å². The number of amides is 4. The van der Waals surface area contributed by atoms with Gasteiger partial charge in [-0.3, -0.25) is 19.7 Å². The van der Waals surface area contributed by atoms with Crippen molar-refractivity contribution in [3.63, 3.8) is 0 Å². The van der Waals surface area contributed by atoms with Crippen LogP contribution in [0.25, 0.3) is 10.9 Å². The van der Waals surface area contributed by atoms with Gasteiger partial charge in [-0.15, -0.1) is 0 Å². The highest BCUT2D eigenvalue weighted by atomic mass is 35.5. The lowest BCUT2D eigenvalue weighted by Gasteiger charge is -2.42. The summed E-state index contributed by atoms with van der Waals surface area (Å²) in [5.41, 5.74) is 1.33. The first-order valence-corrected chi connectivity index (χ1v) is 25.5. The summed E-state index contributed by atoms with van der Waals surface area (Å²) in [4.78, 5) is 73.6. The Bertz CT molecular complexity index is 2690. The summed E-state index contributed by atoms with van der Waals surface area (Å²) in [5, 5.41) is 18.0. The number of allylic oxidation sites excluding steroid dienone is 3. The van der Waals surface area contributed by atoms with Gasteiger partial charge in [0.15, 0.2) is 5.72 Å². The Morgan fingerprint density at radius 1 is 1.14 bits per heavy atom. The number of anilines is 1. The number of carbonyl (C=O) groups excluding carboxylic acids is 5. The maximum atomic E-state index is 14.4. The van der Waals surface area contributed by atoms with Crippen molar-refractivity contribution in [2.75, 3.05) is 45.5 Å². The zero-order valence-corrected chi connectivity index (χ0v) is 43.5. The van der Waals surface area contributed by atoms with E-state index in [4.69, 9.17) is 30.5 Å². The molecule has 4 heterocycles. The highest BCUT2D eigenvalue weighted by Gasteiger charge is 2.64. The summed E-state index contributed by atoms with van der Waals surface area (Å²) < 4.78 is 62.2. The van der Waals surface area contributed by atoms with Crippen molar-refractivity contribution >= 4 is 68.1 Å². The van der Waals surface area contributed by atoms with E-state index in [1.807, 2.05) is 74.9 Å². The largest absolute Gasteiger partial charge is 0.748 e. The van der Waals surface area contributed by atoms with Crippen molar-refractivity contribution in [1.82, 2.24) is 25.0 Å². The lowest BCUT2D eigenvalue weighted by atomic mass is 9.83. The van der Waals surface area contributed by atoms with Gasteiger partial charge in [0.1, 0.15) is 36.0 Å². The smallest absolute Gasteiger partial charge is 0.409 e. The first-order chi connectivity index (χ1) is 33.3. The molecule has 9 atom stereocenters. The van der Waals surface area contributed by atoms with Crippen LogP contribution in [0.15, 0.2) is 66.3 Å². The number of nitrogens with zero attached hydrogens (tertiary/aromatic N) is 4. The molecule has 3 aliphatic rings. The normalized spacial score (nSPS) is 27.1. The summed E-state index contributed by atoms with van der Waals surface area (Å²) in [6.07, 6.45) is -0.181. The average molecular weight is 1030 g/mol. The number of hydrogen-bond donors (Lipinski definition) is 3. The third-order valence-electron chi connectivity index (χ3n) is 13.9. The predicted octanol–water partition coefficient (Wildman–Crippen LogP) is 4.34. The number of ether oxygens (including phenoxy) is 4. The zero-order valence-electron chi connectivity index (χ0n) is 41.9. The Labute approximate surface area is 420 Å². The van der Waals surface area contributed by atoms with Crippen molar-refractivity contribution < 1.29 is 61.0 Å². The number of nitrogens with one attached hydrogen (secondary N) is 2. The van der Waals surface area contributed by atoms with Crippen LogP contribution in [0, 0.1) is 12.8 Å². The van der Waals surface area contributed by atoms with Gasteiger partial charge in [0.05, 0.1) is 39.1 Å². The standard InChI is InChI=1S/C50H67ClN6O13S/c1-11-54(7)27-35-24-34-16-12-13-17-37(34)57(35)20-19-42(58)52-36(28-71(64,65)66)46(60)55(8)32(5)47(61)69-41-25-43(59)56(9)38-23-33(22-30(3)44(38)51)21-29(2)15-14-18-40(67-10)50(63)26-39(68-48(62)53-50)31(4)45-49(41,6)70-45/h12-18,22-24,31-32,36,39-41,45,63H,11,19-21,25-28H2,1-10H3,(H,52,58)(H,53,62)(H,64,65,66)/p-1/b18-14+,29-15+/t31-,32+,36?,39+,40-,41+,45?,49+,50-/m1/s1. The summed E-state index contributed by atoms with van der Waals surface area (Å²) in [6.45, 7) is 11.9. The zero-order chi connectivity index (χ0) is 52.3. The number of aliphatic hydroxyl groups is 1. The second-order valence-corrected chi connectivity index (χ2v) is 21.1. The molecule has 2 saturated heterocycles. The van der Waals surface area contributed by atoms with E-state index in [9.17, 15) is 42.0 Å². The molecule has 19 nitrogen and oxygen atoms in total. The summed E-state index contributed by atoms with van der Waals surface area (Å²) in [7, 11) is 0.988. The van der Waals surface area contributed by atoms with Crippen molar-refractivity contribution in [1.29, 1.82) is 0 Å². The number of fused-ring (bicyclic) bond motifs is 6. The average Bonchev–Trinajstić information content (AvgIpc) is 3.88. The van der Waals surface area contributed by atoms with Crippen molar-refractivity contribution in [2.45, 2.75) is 128 Å². The molecule has 0 saturated carbocycles. The van der Waals surface area contributed by atoms with E-state index in [0.717, 1.165) is 39.2 Å².